The lowest BCUT2D eigenvalue weighted by atomic mass is 9.65. The van der Waals surface area contributed by atoms with E-state index in [-0.39, 0.29) is 33.0 Å². The molecule has 1 heterocycles. The van der Waals surface area contributed by atoms with E-state index in [2.05, 4.69) is 15.6 Å². The number of carbonyl (C=O) groups excluding carboxylic acids is 3. The maximum atomic E-state index is 12.9. The molecule has 10 heteroatoms. The number of halogens is 3. The fourth-order valence-electron chi connectivity index (χ4n) is 4.99. The maximum Gasteiger partial charge on any atom is 0.328 e. The summed E-state index contributed by atoms with van der Waals surface area (Å²) in [5.41, 5.74) is 1.55. The van der Waals surface area contributed by atoms with Crippen molar-refractivity contribution in [1.29, 1.82) is 0 Å². The number of carbonyl (C=O) groups is 3. The minimum atomic E-state index is -0.716. The number of esters is 1. The minimum Gasteiger partial charge on any atom is -0.464 e. The molecule has 1 aromatic carbocycles. The van der Waals surface area contributed by atoms with Gasteiger partial charge >= 0.3 is 5.97 Å². The highest BCUT2D eigenvalue weighted by Gasteiger charge is 2.53. The summed E-state index contributed by atoms with van der Waals surface area (Å²) in [6.07, 6.45) is 8.57. The summed E-state index contributed by atoms with van der Waals surface area (Å²) in [4.78, 5) is 42.2. The molecule has 1 spiro atoms. The number of aromatic nitrogens is 1. The largest absolute Gasteiger partial charge is 0.464 e. The molecule has 0 bridgehead atoms. The van der Waals surface area contributed by atoms with Crippen molar-refractivity contribution in [3.05, 3.63) is 68.6 Å². The molecular weight excluding hydrogens is 537 g/mol. The Labute approximate surface area is 230 Å². The third-order valence-corrected chi connectivity index (χ3v) is 7.84. The standard InChI is InChI=1S/C27H28Cl3N3O4/c1-2-37-26(36)20(33-23-22(30)24(34)27(23)11-5-3-4-6-12-27)13-16-7-9-17(10-8-16)32-25(35)21-18(28)14-31-15-19(21)29/h7-10,14-15,20,33H,2-6,11-13H2,1H3,(H,32,35)/t20-/m0/s1. The van der Waals surface area contributed by atoms with Crippen LogP contribution in [0.25, 0.3) is 0 Å². The van der Waals surface area contributed by atoms with Gasteiger partial charge in [-0.3, -0.25) is 14.6 Å². The summed E-state index contributed by atoms with van der Waals surface area (Å²) in [5.74, 6) is -0.904. The molecule has 4 rings (SSSR count). The number of allylic oxidation sites excluding steroid dienone is 2. The third kappa shape index (κ3) is 5.79. The fraction of sp³-hybridized carbons (Fsp3) is 0.407. The lowest BCUT2D eigenvalue weighted by Gasteiger charge is -2.43. The van der Waals surface area contributed by atoms with Crippen molar-refractivity contribution in [3.63, 3.8) is 0 Å². The van der Waals surface area contributed by atoms with Crippen LogP contribution in [0.5, 0.6) is 0 Å². The zero-order chi connectivity index (χ0) is 26.6. The zero-order valence-corrected chi connectivity index (χ0v) is 22.7. The molecule has 1 saturated carbocycles. The third-order valence-electron chi connectivity index (χ3n) is 6.91. The van der Waals surface area contributed by atoms with E-state index in [4.69, 9.17) is 39.5 Å². The molecule has 0 aliphatic heterocycles. The molecule has 7 nitrogen and oxygen atoms in total. The quantitative estimate of drug-likeness (QED) is 0.377. The average molecular weight is 565 g/mol. The molecule has 2 aromatic rings. The molecule has 2 aliphatic carbocycles. The highest BCUT2D eigenvalue weighted by Crippen LogP contribution is 2.52. The predicted molar refractivity (Wildman–Crippen MR) is 144 cm³/mol. The fourth-order valence-corrected chi connectivity index (χ4v) is 5.94. The Bertz CT molecular complexity index is 1200. The van der Waals surface area contributed by atoms with E-state index in [9.17, 15) is 14.4 Å². The van der Waals surface area contributed by atoms with Crippen LogP contribution >= 0.6 is 34.8 Å². The van der Waals surface area contributed by atoms with E-state index < -0.39 is 23.3 Å². The van der Waals surface area contributed by atoms with E-state index in [0.717, 1.165) is 44.1 Å². The predicted octanol–water partition coefficient (Wildman–Crippen LogP) is 6.08. The average Bonchev–Trinajstić information content (AvgIpc) is 3.15. The Kier molecular flexibility index (Phi) is 8.78. The van der Waals surface area contributed by atoms with Gasteiger partial charge in [0.25, 0.3) is 5.91 Å². The van der Waals surface area contributed by atoms with Gasteiger partial charge in [-0.05, 0) is 37.5 Å². The van der Waals surface area contributed by atoms with Crippen LogP contribution in [0.3, 0.4) is 0 Å². The highest BCUT2D eigenvalue weighted by molar-refractivity contribution is 6.47. The summed E-state index contributed by atoms with van der Waals surface area (Å²) in [6, 6.07) is 6.35. The van der Waals surface area contributed by atoms with E-state index >= 15 is 0 Å². The lowest BCUT2D eigenvalue weighted by Crippen LogP contribution is -2.53. The number of benzene rings is 1. The topological polar surface area (TPSA) is 97.4 Å². The van der Waals surface area contributed by atoms with E-state index in [1.54, 1.807) is 19.1 Å². The van der Waals surface area contributed by atoms with Crippen molar-refractivity contribution in [2.24, 2.45) is 5.41 Å². The summed E-state index contributed by atoms with van der Waals surface area (Å²) in [7, 11) is 0. The van der Waals surface area contributed by atoms with Crippen molar-refractivity contribution >= 4 is 58.1 Å². The number of rotatable bonds is 8. The van der Waals surface area contributed by atoms with Crippen LogP contribution in [0, 0.1) is 5.41 Å². The molecule has 1 amide bonds. The maximum absolute atomic E-state index is 12.9. The minimum absolute atomic E-state index is 0.0318. The number of hydrogen-bond donors (Lipinski definition) is 2. The zero-order valence-electron chi connectivity index (χ0n) is 20.4. The van der Waals surface area contributed by atoms with Gasteiger partial charge in [-0.15, -0.1) is 0 Å². The lowest BCUT2D eigenvalue weighted by molar-refractivity contribution is -0.146. The Morgan fingerprint density at radius 3 is 2.24 bits per heavy atom. The van der Waals surface area contributed by atoms with Crippen molar-refractivity contribution in [2.75, 3.05) is 11.9 Å². The molecule has 2 aliphatic rings. The van der Waals surface area contributed by atoms with Crippen molar-refractivity contribution in [2.45, 2.75) is 57.9 Å². The van der Waals surface area contributed by atoms with Gasteiger partial charge in [-0.25, -0.2) is 4.79 Å². The molecule has 196 valence electrons. The summed E-state index contributed by atoms with van der Waals surface area (Å²) in [6.45, 7) is 1.98. The Balaban J connectivity index is 1.49. The second-order valence-electron chi connectivity index (χ2n) is 9.30. The van der Waals surface area contributed by atoms with Crippen molar-refractivity contribution in [3.8, 4) is 0 Å². The number of nitrogens with one attached hydrogen (secondary N) is 2. The van der Waals surface area contributed by atoms with Crippen LogP contribution < -0.4 is 10.6 Å². The molecule has 0 unspecified atom stereocenters. The van der Waals surface area contributed by atoms with Crippen LogP contribution in [0.2, 0.25) is 10.0 Å². The van der Waals surface area contributed by atoms with Gasteiger partial charge < -0.3 is 15.4 Å². The summed E-state index contributed by atoms with van der Waals surface area (Å²) < 4.78 is 5.32. The Hall–Kier alpha value is -2.61. The van der Waals surface area contributed by atoms with E-state index in [0.29, 0.717) is 17.8 Å². The number of hydrogen-bond acceptors (Lipinski definition) is 6. The molecule has 1 atom stereocenters. The van der Waals surface area contributed by atoms with Gasteiger partial charge in [0.05, 0.1) is 27.6 Å². The van der Waals surface area contributed by atoms with Crippen LogP contribution in [-0.2, 0) is 20.7 Å². The van der Waals surface area contributed by atoms with E-state index in [1.807, 2.05) is 12.1 Å². The summed E-state index contributed by atoms with van der Waals surface area (Å²) >= 11 is 18.5. The number of Topliss-reactive ketones (excluding diaryl/α,β-unsaturated/α-hetero) is 1. The number of anilines is 1. The van der Waals surface area contributed by atoms with Crippen LogP contribution in [0.1, 0.15) is 61.4 Å². The number of pyridine rings is 1. The van der Waals surface area contributed by atoms with E-state index in [1.165, 1.54) is 12.4 Å². The first-order valence-electron chi connectivity index (χ1n) is 12.3. The van der Waals surface area contributed by atoms with Gasteiger partial charge in [-0.1, -0.05) is 72.6 Å². The van der Waals surface area contributed by atoms with Gasteiger partial charge in [0.2, 0.25) is 0 Å². The van der Waals surface area contributed by atoms with Crippen LogP contribution in [-0.4, -0.2) is 35.3 Å². The number of nitrogens with zero attached hydrogens (tertiary/aromatic N) is 1. The van der Waals surface area contributed by atoms with Crippen molar-refractivity contribution < 1.29 is 19.1 Å². The molecule has 1 fully saturated rings. The molecule has 2 N–H and O–H groups in total. The molecule has 0 radical (unpaired) electrons. The van der Waals surface area contributed by atoms with Gasteiger partial charge in [0, 0.05) is 30.2 Å². The molecule has 0 saturated heterocycles. The Morgan fingerprint density at radius 2 is 1.65 bits per heavy atom. The van der Waals surface area contributed by atoms with Gasteiger partial charge in [0.1, 0.15) is 11.1 Å². The first-order valence-corrected chi connectivity index (χ1v) is 13.5. The van der Waals surface area contributed by atoms with Crippen LogP contribution in [0.15, 0.2) is 47.4 Å². The van der Waals surface area contributed by atoms with Crippen LogP contribution in [0.4, 0.5) is 5.69 Å². The van der Waals surface area contributed by atoms with Gasteiger partial charge in [-0.2, -0.15) is 0 Å². The number of amides is 1. The second kappa shape index (κ2) is 11.8. The first kappa shape index (κ1) is 27.4. The summed E-state index contributed by atoms with van der Waals surface area (Å²) in [5, 5.41) is 6.53. The number of ether oxygens (including phenoxy) is 1. The molecular formula is C27H28Cl3N3O4. The SMILES string of the molecule is CCOC(=O)[C@H](Cc1ccc(NC(=O)c2c(Cl)cncc2Cl)cc1)NC1=C(Cl)C(=O)C12CCCCCC2. The van der Waals surface area contributed by atoms with Gasteiger partial charge in [0.15, 0.2) is 5.78 Å². The normalized spacial score (nSPS) is 17.6. The number of ketones is 1. The molecule has 1 aromatic heterocycles. The monoisotopic (exact) mass is 563 g/mol. The molecule has 37 heavy (non-hydrogen) atoms. The second-order valence-corrected chi connectivity index (χ2v) is 10.5. The Morgan fingerprint density at radius 1 is 1.03 bits per heavy atom. The smallest absolute Gasteiger partial charge is 0.328 e. The van der Waals surface area contributed by atoms with Crippen molar-refractivity contribution in [1.82, 2.24) is 10.3 Å². The highest BCUT2D eigenvalue weighted by atomic mass is 35.5. The first-order chi connectivity index (χ1) is 17.8.